The first kappa shape index (κ1) is 13.1. The molecule has 2 aromatic rings. The fourth-order valence-electron chi connectivity index (χ4n) is 1.74. The van der Waals surface area contributed by atoms with E-state index in [0.29, 0.717) is 5.89 Å². The van der Waals surface area contributed by atoms with E-state index >= 15 is 0 Å². The summed E-state index contributed by atoms with van der Waals surface area (Å²) >= 11 is 0. The Bertz CT molecular complexity index is 561. The van der Waals surface area contributed by atoms with Gasteiger partial charge >= 0.3 is 0 Å². The summed E-state index contributed by atoms with van der Waals surface area (Å²) in [7, 11) is 0. The molecule has 0 saturated carbocycles. The highest BCUT2D eigenvalue weighted by Crippen LogP contribution is 2.34. The van der Waals surface area contributed by atoms with Crippen molar-refractivity contribution in [3.05, 3.63) is 29.7 Å². The number of nitrogens with zero attached hydrogens (tertiary/aromatic N) is 1. The van der Waals surface area contributed by atoms with Gasteiger partial charge in [-0.2, -0.15) is 0 Å². The highest BCUT2D eigenvalue weighted by Gasteiger charge is 2.39. The maximum Gasteiger partial charge on any atom is 0.202 e. The first-order valence-electron chi connectivity index (χ1n) is 6.44. The number of hydrogen-bond acceptors (Lipinski definition) is 3. The second kappa shape index (κ2) is 4.09. The van der Waals surface area contributed by atoms with Crippen LogP contribution in [0.1, 0.15) is 46.1 Å². The van der Waals surface area contributed by atoms with E-state index < -0.39 is 0 Å². The maximum absolute atomic E-state index is 6.22. The number of aryl methyl sites for hydroxylation is 1. The second-order valence-corrected chi connectivity index (χ2v) is 6.02. The van der Waals surface area contributed by atoms with Crippen LogP contribution in [0.15, 0.2) is 22.6 Å². The van der Waals surface area contributed by atoms with Crippen molar-refractivity contribution >= 4 is 11.1 Å². The van der Waals surface area contributed by atoms with Crippen molar-refractivity contribution < 1.29 is 4.42 Å². The molecule has 0 aliphatic heterocycles. The number of hydrogen-bond donors (Lipinski definition) is 1. The van der Waals surface area contributed by atoms with Gasteiger partial charge in [0.05, 0.1) is 5.41 Å². The molecule has 98 valence electrons. The molecule has 3 heteroatoms. The molecule has 1 aromatic carbocycles. The molecule has 18 heavy (non-hydrogen) atoms. The zero-order valence-corrected chi connectivity index (χ0v) is 11.9. The van der Waals surface area contributed by atoms with E-state index in [-0.39, 0.29) is 11.0 Å². The summed E-state index contributed by atoms with van der Waals surface area (Å²) in [5, 5.41) is 0. The summed E-state index contributed by atoms with van der Waals surface area (Å²) in [6, 6.07) is 6.16. The largest absolute Gasteiger partial charge is 0.440 e. The third-order valence-corrected chi connectivity index (χ3v) is 4.01. The lowest BCUT2D eigenvalue weighted by molar-refractivity contribution is 0.251. The third kappa shape index (κ3) is 2.03. The van der Waals surface area contributed by atoms with Crippen molar-refractivity contribution in [2.45, 2.75) is 52.0 Å². The first-order chi connectivity index (χ1) is 8.25. The number of fused-ring (bicyclic) bond motifs is 1. The number of rotatable bonds is 3. The van der Waals surface area contributed by atoms with Crippen molar-refractivity contribution in [1.82, 2.24) is 4.98 Å². The summed E-state index contributed by atoms with van der Waals surface area (Å²) in [4.78, 5) is 4.61. The SMILES string of the molecule is CCc1ccc2oc(C(C)(C)C(C)(C)N)nc2c1. The Hall–Kier alpha value is -1.35. The van der Waals surface area contributed by atoms with E-state index in [4.69, 9.17) is 10.2 Å². The van der Waals surface area contributed by atoms with Crippen molar-refractivity contribution in [3.63, 3.8) is 0 Å². The van der Waals surface area contributed by atoms with E-state index in [2.05, 4.69) is 37.9 Å². The molecule has 0 spiro atoms. The minimum Gasteiger partial charge on any atom is -0.440 e. The van der Waals surface area contributed by atoms with Gasteiger partial charge < -0.3 is 10.2 Å². The Labute approximate surface area is 108 Å². The van der Waals surface area contributed by atoms with Crippen LogP contribution in [-0.4, -0.2) is 10.5 Å². The van der Waals surface area contributed by atoms with E-state index in [9.17, 15) is 0 Å². The summed E-state index contributed by atoms with van der Waals surface area (Å²) < 4.78 is 5.87. The lowest BCUT2D eigenvalue weighted by Gasteiger charge is -2.35. The van der Waals surface area contributed by atoms with Crippen LogP contribution in [0.2, 0.25) is 0 Å². The predicted molar refractivity (Wildman–Crippen MR) is 74.7 cm³/mol. The van der Waals surface area contributed by atoms with Gasteiger partial charge in [-0.15, -0.1) is 0 Å². The Morgan fingerprint density at radius 3 is 2.44 bits per heavy atom. The van der Waals surface area contributed by atoms with Crippen molar-refractivity contribution in [2.75, 3.05) is 0 Å². The average Bonchev–Trinajstić information content (AvgIpc) is 2.70. The fourth-order valence-corrected chi connectivity index (χ4v) is 1.74. The van der Waals surface area contributed by atoms with Gasteiger partial charge in [-0.05, 0) is 51.8 Å². The van der Waals surface area contributed by atoms with Crippen LogP contribution in [0.3, 0.4) is 0 Å². The Kier molecular flexibility index (Phi) is 2.98. The molecule has 0 unspecified atom stereocenters. The zero-order chi connectivity index (χ0) is 13.6. The monoisotopic (exact) mass is 246 g/mol. The standard InChI is InChI=1S/C15H22N2O/c1-6-10-7-8-12-11(9-10)17-13(18-12)14(2,3)15(4,5)16/h7-9H,6,16H2,1-5H3. The average molecular weight is 246 g/mol. The van der Waals surface area contributed by atoms with E-state index in [0.717, 1.165) is 17.5 Å². The maximum atomic E-state index is 6.22. The molecule has 0 atom stereocenters. The molecule has 2 rings (SSSR count). The van der Waals surface area contributed by atoms with Gasteiger partial charge in [-0.3, -0.25) is 0 Å². The molecular weight excluding hydrogens is 224 g/mol. The first-order valence-corrected chi connectivity index (χ1v) is 6.44. The van der Waals surface area contributed by atoms with Crippen molar-refractivity contribution in [3.8, 4) is 0 Å². The molecule has 3 nitrogen and oxygen atoms in total. The van der Waals surface area contributed by atoms with E-state index in [1.54, 1.807) is 0 Å². The molecule has 0 aliphatic rings. The smallest absolute Gasteiger partial charge is 0.202 e. The summed E-state index contributed by atoms with van der Waals surface area (Å²) in [5.41, 5.74) is 8.55. The summed E-state index contributed by atoms with van der Waals surface area (Å²) in [6.45, 7) is 10.3. The Balaban J connectivity index is 2.54. The minimum atomic E-state index is -0.387. The van der Waals surface area contributed by atoms with Crippen molar-refractivity contribution in [2.24, 2.45) is 5.73 Å². The van der Waals surface area contributed by atoms with Crippen molar-refractivity contribution in [1.29, 1.82) is 0 Å². The Morgan fingerprint density at radius 1 is 1.22 bits per heavy atom. The highest BCUT2D eigenvalue weighted by atomic mass is 16.3. The molecule has 0 fully saturated rings. The number of aromatic nitrogens is 1. The summed E-state index contributed by atoms with van der Waals surface area (Å²) in [6.07, 6.45) is 1.00. The van der Waals surface area contributed by atoms with Gasteiger partial charge in [0.25, 0.3) is 0 Å². The predicted octanol–water partition coefficient (Wildman–Crippen LogP) is 3.41. The third-order valence-electron chi connectivity index (χ3n) is 4.01. The molecule has 2 N–H and O–H groups in total. The number of nitrogens with two attached hydrogens (primary N) is 1. The van der Waals surface area contributed by atoms with Crippen LogP contribution in [0, 0.1) is 0 Å². The van der Waals surface area contributed by atoms with Gasteiger partial charge in [0.1, 0.15) is 5.52 Å². The molecule has 1 heterocycles. The van der Waals surface area contributed by atoms with Gasteiger partial charge in [0, 0.05) is 5.54 Å². The van der Waals surface area contributed by atoms with Gasteiger partial charge in [-0.25, -0.2) is 4.98 Å². The van der Waals surface area contributed by atoms with Crippen LogP contribution in [0.5, 0.6) is 0 Å². The molecule has 0 aliphatic carbocycles. The quantitative estimate of drug-likeness (QED) is 0.903. The van der Waals surface area contributed by atoms with Gasteiger partial charge in [-0.1, -0.05) is 13.0 Å². The molecule has 0 saturated heterocycles. The van der Waals surface area contributed by atoms with Crippen LogP contribution in [0.4, 0.5) is 0 Å². The van der Waals surface area contributed by atoms with Gasteiger partial charge in [0.15, 0.2) is 5.58 Å². The molecule has 0 bridgehead atoms. The van der Waals surface area contributed by atoms with Crippen LogP contribution in [0.25, 0.3) is 11.1 Å². The lowest BCUT2D eigenvalue weighted by Crippen LogP contribution is -2.50. The number of oxazole rings is 1. The minimum absolute atomic E-state index is 0.307. The lowest BCUT2D eigenvalue weighted by atomic mass is 9.75. The fraction of sp³-hybridized carbons (Fsp3) is 0.533. The molecule has 0 amide bonds. The van der Waals surface area contributed by atoms with E-state index in [1.807, 2.05) is 19.9 Å². The topological polar surface area (TPSA) is 52.0 Å². The zero-order valence-electron chi connectivity index (χ0n) is 11.9. The molecule has 1 aromatic heterocycles. The second-order valence-electron chi connectivity index (χ2n) is 6.02. The van der Waals surface area contributed by atoms with Crippen LogP contribution >= 0.6 is 0 Å². The molecule has 0 radical (unpaired) electrons. The van der Waals surface area contributed by atoms with Crippen LogP contribution < -0.4 is 5.73 Å². The summed E-state index contributed by atoms with van der Waals surface area (Å²) in [5.74, 6) is 0.707. The highest BCUT2D eigenvalue weighted by molar-refractivity contribution is 5.73. The normalized spacial score (nSPS) is 13.2. The molecular formula is C15H22N2O. The van der Waals surface area contributed by atoms with Crippen LogP contribution in [-0.2, 0) is 11.8 Å². The van der Waals surface area contributed by atoms with Gasteiger partial charge in [0.2, 0.25) is 5.89 Å². The number of benzene rings is 1. The Morgan fingerprint density at radius 2 is 1.89 bits per heavy atom. The van der Waals surface area contributed by atoms with E-state index in [1.165, 1.54) is 5.56 Å².